The zero-order valence-corrected chi connectivity index (χ0v) is 17.0. The molecule has 0 aliphatic carbocycles. The Morgan fingerprint density at radius 1 is 1.10 bits per heavy atom. The molecule has 2 N–H and O–H groups in total. The van der Waals surface area contributed by atoms with Gasteiger partial charge in [0.05, 0.1) is 0 Å². The van der Waals surface area contributed by atoms with Crippen molar-refractivity contribution in [1.82, 2.24) is 15.0 Å². The summed E-state index contributed by atoms with van der Waals surface area (Å²) in [4.78, 5) is 27.3. The van der Waals surface area contributed by atoms with Crippen LogP contribution in [0.25, 0.3) is 0 Å². The zero-order valence-electron chi connectivity index (χ0n) is 17.0. The molecule has 0 atom stereocenters. The fourth-order valence-corrected chi connectivity index (χ4v) is 3.03. The van der Waals surface area contributed by atoms with Gasteiger partial charge in [-0.05, 0) is 56.2 Å². The van der Waals surface area contributed by atoms with Gasteiger partial charge in [-0.2, -0.15) is 0 Å². The van der Waals surface area contributed by atoms with E-state index in [-0.39, 0.29) is 5.91 Å². The lowest BCUT2D eigenvalue weighted by Gasteiger charge is -2.22. The fraction of sp³-hybridized carbons (Fsp3) is 0.273. The number of rotatable bonds is 8. The lowest BCUT2D eigenvalue weighted by atomic mass is 10.1. The standard InChI is InChI=1S/C22H26N6O/c1-4-28(5-2)18-8-9-19(16(3)11-18)27-22(29)20-12-21(26-15-25-20)24-14-17-7-6-10-23-13-17/h6-13,15H,4-5,14H2,1-3H3,(H,27,29)(H,24,25,26). The number of nitrogens with one attached hydrogen (secondary N) is 2. The Morgan fingerprint density at radius 3 is 2.62 bits per heavy atom. The molecule has 0 aliphatic heterocycles. The minimum absolute atomic E-state index is 0.268. The van der Waals surface area contributed by atoms with E-state index in [9.17, 15) is 4.79 Å². The summed E-state index contributed by atoms with van der Waals surface area (Å²) >= 11 is 0. The molecule has 0 saturated heterocycles. The van der Waals surface area contributed by atoms with Crippen LogP contribution in [0.15, 0.2) is 55.1 Å². The third-order valence-electron chi connectivity index (χ3n) is 4.68. The van der Waals surface area contributed by atoms with E-state index >= 15 is 0 Å². The monoisotopic (exact) mass is 390 g/mol. The second-order valence-electron chi connectivity index (χ2n) is 6.63. The highest BCUT2D eigenvalue weighted by Crippen LogP contribution is 2.23. The van der Waals surface area contributed by atoms with Crippen LogP contribution in [0.4, 0.5) is 17.2 Å². The molecule has 2 aromatic heterocycles. The summed E-state index contributed by atoms with van der Waals surface area (Å²) in [6, 6.07) is 11.5. The molecule has 150 valence electrons. The van der Waals surface area contributed by atoms with Gasteiger partial charge < -0.3 is 15.5 Å². The van der Waals surface area contributed by atoms with Crippen LogP contribution in [0.3, 0.4) is 0 Å². The van der Waals surface area contributed by atoms with Gasteiger partial charge in [-0.1, -0.05) is 6.07 Å². The molecule has 0 fully saturated rings. The number of aromatic nitrogens is 3. The second-order valence-corrected chi connectivity index (χ2v) is 6.63. The average molecular weight is 390 g/mol. The summed E-state index contributed by atoms with van der Waals surface area (Å²) in [6.45, 7) is 8.70. The Kier molecular flexibility index (Phi) is 6.73. The van der Waals surface area contributed by atoms with E-state index in [0.29, 0.717) is 18.1 Å². The number of aryl methyl sites for hydroxylation is 1. The first-order chi connectivity index (χ1) is 14.1. The van der Waals surface area contributed by atoms with E-state index in [4.69, 9.17) is 0 Å². The largest absolute Gasteiger partial charge is 0.372 e. The fourth-order valence-electron chi connectivity index (χ4n) is 3.03. The summed E-state index contributed by atoms with van der Waals surface area (Å²) in [7, 11) is 0. The van der Waals surface area contributed by atoms with Crippen molar-refractivity contribution in [2.75, 3.05) is 28.6 Å². The Balaban J connectivity index is 1.68. The SMILES string of the molecule is CCN(CC)c1ccc(NC(=O)c2cc(NCc3cccnc3)ncn2)c(C)c1. The normalized spacial score (nSPS) is 10.4. The van der Waals surface area contributed by atoms with Gasteiger partial charge >= 0.3 is 0 Å². The molecule has 2 heterocycles. The van der Waals surface area contributed by atoms with Gasteiger partial charge in [0, 0.05) is 49.5 Å². The van der Waals surface area contributed by atoms with Crippen molar-refractivity contribution in [3.63, 3.8) is 0 Å². The Bertz CT molecular complexity index is 957. The summed E-state index contributed by atoms with van der Waals surface area (Å²) in [5.74, 6) is 0.318. The van der Waals surface area contributed by atoms with Gasteiger partial charge in [0.15, 0.2) is 0 Å². The highest BCUT2D eigenvalue weighted by Gasteiger charge is 2.12. The summed E-state index contributed by atoms with van der Waals surface area (Å²) in [5.41, 5.74) is 4.26. The molecular weight excluding hydrogens is 364 g/mol. The molecule has 29 heavy (non-hydrogen) atoms. The molecule has 7 heteroatoms. The molecule has 0 spiro atoms. The first-order valence-corrected chi connectivity index (χ1v) is 9.72. The van der Waals surface area contributed by atoms with Crippen LogP contribution >= 0.6 is 0 Å². The topological polar surface area (TPSA) is 83.0 Å². The minimum Gasteiger partial charge on any atom is -0.372 e. The number of amides is 1. The number of carbonyl (C=O) groups is 1. The van der Waals surface area contributed by atoms with E-state index < -0.39 is 0 Å². The highest BCUT2D eigenvalue weighted by molar-refractivity contribution is 6.03. The summed E-state index contributed by atoms with van der Waals surface area (Å²) < 4.78 is 0. The molecule has 3 aromatic rings. The number of hydrogen-bond donors (Lipinski definition) is 2. The van der Waals surface area contributed by atoms with Gasteiger partial charge in [0.1, 0.15) is 17.8 Å². The maximum Gasteiger partial charge on any atom is 0.274 e. The first-order valence-electron chi connectivity index (χ1n) is 9.72. The summed E-state index contributed by atoms with van der Waals surface area (Å²) in [6.07, 6.45) is 4.90. The number of benzene rings is 1. The molecule has 1 aromatic carbocycles. The maximum atomic E-state index is 12.7. The van der Waals surface area contributed by atoms with Crippen LogP contribution in [-0.2, 0) is 6.54 Å². The van der Waals surface area contributed by atoms with Crippen molar-refractivity contribution < 1.29 is 4.79 Å². The van der Waals surface area contributed by atoms with Crippen molar-refractivity contribution in [3.05, 3.63) is 71.9 Å². The number of anilines is 3. The molecule has 0 unspecified atom stereocenters. The minimum atomic E-state index is -0.268. The van der Waals surface area contributed by atoms with Crippen molar-refractivity contribution in [3.8, 4) is 0 Å². The van der Waals surface area contributed by atoms with Crippen molar-refractivity contribution in [2.45, 2.75) is 27.3 Å². The van der Waals surface area contributed by atoms with Crippen molar-refractivity contribution in [2.24, 2.45) is 0 Å². The van der Waals surface area contributed by atoms with Crippen LogP contribution in [0, 0.1) is 6.92 Å². The first kappa shape index (κ1) is 20.3. The molecule has 0 saturated carbocycles. The summed E-state index contributed by atoms with van der Waals surface area (Å²) in [5, 5.41) is 6.13. The third kappa shape index (κ3) is 5.28. The predicted molar refractivity (Wildman–Crippen MR) is 116 cm³/mol. The van der Waals surface area contributed by atoms with Crippen LogP contribution in [0.1, 0.15) is 35.5 Å². The van der Waals surface area contributed by atoms with Gasteiger partial charge in [-0.3, -0.25) is 9.78 Å². The number of nitrogens with zero attached hydrogens (tertiary/aromatic N) is 4. The number of carbonyl (C=O) groups excluding carboxylic acids is 1. The lowest BCUT2D eigenvalue weighted by molar-refractivity contribution is 0.102. The quantitative estimate of drug-likeness (QED) is 0.607. The highest BCUT2D eigenvalue weighted by atomic mass is 16.1. The number of hydrogen-bond acceptors (Lipinski definition) is 6. The van der Waals surface area contributed by atoms with E-state index in [2.05, 4.69) is 50.4 Å². The molecule has 0 bridgehead atoms. The lowest BCUT2D eigenvalue weighted by Crippen LogP contribution is -2.22. The van der Waals surface area contributed by atoms with E-state index in [0.717, 1.165) is 35.6 Å². The van der Waals surface area contributed by atoms with Crippen molar-refractivity contribution in [1.29, 1.82) is 0 Å². The van der Waals surface area contributed by atoms with E-state index in [1.165, 1.54) is 6.33 Å². The molecule has 7 nitrogen and oxygen atoms in total. The van der Waals surface area contributed by atoms with Gasteiger partial charge in [-0.25, -0.2) is 9.97 Å². The van der Waals surface area contributed by atoms with Gasteiger partial charge in [-0.15, -0.1) is 0 Å². The third-order valence-corrected chi connectivity index (χ3v) is 4.68. The second kappa shape index (κ2) is 9.64. The van der Waals surface area contributed by atoms with Crippen LogP contribution in [0.2, 0.25) is 0 Å². The zero-order chi connectivity index (χ0) is 20.6. The Morgan fingerprint density at radius 2 is 1.93 bits per heavy atom. The molecule has 0 aliphatic rings. The molecular formula is C22H26N6O. The Hall–Kier alpha value is -3.48. The molecule has 0 radical (unpaired) electrons. The predicted octanol–water partition coefficient (Wildman–Crippen LogP) is 3.89. The van der Waals surface area contributed by atoms with Crippen molar-refractivity contribution >= 4 is 23.1 Å². The maximum absolute atomic E-state index is 12.7. The van der Waals surface area contributed by atoms with Crippen LogP contribution in [-0.4, -0.2) is 33.9 Å². The molecule has 3 rings (SSSR count). The van der Waals surface area contributed by atoms with Gasteiger partial charge in [0.2, 0.25) is 0 Å². The molecule has 1 amide bonds. The van der Waals surface area contributed by atoms with E-state index in [1.807, 2.05) is 31.2 Å². The smallest absolute Gasteiger partial charge is 0.274 e. The number of pyridine rings is 1. The van der Waals surface area contributed by atoms with Gasteiger partial charge in [0.25, 0.3) is 5.91 Å². The van der Waals surface area contributed by atoms with E-state index in [1.54, 1.807) is 18.5 Å². The average Bonchev–Trinajstić information content (AvgIpc) is 2.76. The Labute approximate surface area is 171 Å². The van der Waals surface area contributed by atoms with Crippen LogP contribution < -0.4 is 15.5 Å². The van der Waals surface area contributed by atoms with Crippen LogP contribution in [0.5, 0.6) is 0 Å².